The largest absolute Gasteiger partial charge is 0.377 e. The summed E-state index contributed by atoms with van der Waals surface area (Å²) in [6, 6.07) is -0.123. The Morgan fingerprint density at radius 3 is 2.94 bits per heavy atom. The zero-order chi connectivity index (χ0) is 11.6. The molecule has 0 aliphatic carbocycles. The fourth-order valence-corrected chi connectivity index (χ4v) is 1.53. The number of urea groups is 1. The molecule has 0 aromatic rings. The number of nitrogens with one attached hydrogen (secondary N) is 2. The Bertz CT molecular complexity index is 194. The first kappa shape index (κ1) is 13.3. The molecule has 1 fully saturated rings. The van der Waals surface area contributed by atoms with E-state index < -0.39 is 0 Å². The second-order valence-electron chi connectivity index (χ2n) is 3.89. The van der Waals surface area contributed by atoms with Crippen molar-refractivity contribution in [1.82, 2.24) is 10.6 Å². The second-order valence-corrected chi connectivity index (χ2v) is 3.89. The van der Waals surface area contributed by atoms with Gasteiger partial charge in [-0.15, -0.1) is 0 Å². The van der Waals surface area contributed by atoms with E-state index in [2.05, 4.69) is 10.6 Å². The summed E-state index contributed by atoms with van der Waals surface area (Å²) >= 11 is 0. The third-order valence-corrected chi connectivity index (χ3v) is 2.40. The topological polar surface area (TPSA) is 59.6 Å². The van der Waals surface area contributed by atoms with E-state index in [0.717, 1.165) is 25.9 Å². The van der Waals surface area contributed by atoms with Crippen molar-refractivity contribution in [3.8, 4) is 0 Å². The van der Waals surface area contributed by atoms with Crippen LogP contribution in [-0.4, -0.2) is 45.0 Å². The summed E-state index contributed by atoms with van der Waals surface area (Å²) in [5, 5.41) is 5.46. The van der Waals surface area contributed by atoms with Gasteiger partial charge in [-0.2, -0.15) is 0 Å². The van der Waals surface area contributed by atoms with E-state index in [-0.39, 0.29) is 12.1 Å². The molecule has 0 aromatic carbocycles. The van der Waals surface area contributed by atoms with Crippen molar-refractivity contribution in [3.05, 3.63) is 0 Å². The molecule has 0 saturated carbocycles. The van der Waals surface area contributed by atoms with Crippen molar-refractivity contribution in [2.45, 2.75) is 32.3 Å². The van der Waals surface area contributed by atoms with Crippen molar-refractivity contribution >= 4 is 6.03 Å². The number of rotatable bonds is 7. The first-order valence-corrected chi connectivity index (χ1v) is 6.04. The van der Waals surface area contributed by atoms with Crippen LogP contribution in [0.5, 0.6) is 0 Å². The van der Waals surface area contributed by atoms with Crippen molar-refractivity contribution < 1.29 is 14.3 Å². The monoisotopic (exact) mass is 230 g/mol. The molecule has 0 unspecified atom stereocenters. The Labute approximate surface area is 96.9 Å². The molecule has 0 bridgehead atoms. The van der Waals surface area contributed by atoms with Crippen LogP contribution in [0.2, 0.25) is 0 Å². The van der Waals surface area contributed by atoms with Gasteiger partial charge >= 0.3 is 6.03 Å². The van der Waals surface area contributed by atoms with Crippen LogP contribution in [0.15, 0.2) is 0 Å². The van der Waals surface area contributed by atoms with Crippen molar-refractivity contribution in [2.24, 2.45) is 0 Å². The Kier molecular flexibility index (Phi) is 6.92. The molecular weight excluding hydrogens is 208 g/mol. The highest BCUT2D eigenvalue weighted by Crippen LogP contribution is 2.11. The Hall–Kier alpha value is -0.810. The minimum absolute atomic E-state index is 0.123. The van der Waals surface area contributed by atoms with Crippen LogP contribution in [0.4, 0.5) is 4.79 Å². The lowest BCUT2D eigenvalue weighted by atomic mass is 10.2. The van der Waals surface area contributed by atoms with Gasteiger partial charge in [0.1, 0.15) is 0 Å². The van der Waals surface area contributed by atoms with Gasteiger partial charge in [-0.25, -0.2) is 4.79 Å². The van der Waals surface area contributed by atoms with Crippen LogP contribution >= 0.6 is 0 Å². The molecule has 1 aliphatic heterocycles. The molecule has 0 aromatic heterocycles. The smallest absolute Gasteiger partial charge is 0.314 e. The highest BCUT2D eigenvalue weighted by molar-refractivity contribution is 5.73. The molecule has 0 spiro atoms. The third-order valence-electron chi connectivity index (χ3n) is 2.40. The molecule has 2 amide bonds. The molecule has 1 heterocycles. The van der Waals surface area contributed by atoms with E-state index in [1.807, 2.05) is 6.92 Å². The number of hydrogen-bond donors (Lipinski definition) is 2. The summed E-state index contributed by atoms with van der Waals surface area (Å²) in [7, 11) is 0. The quantitative estimate of drug-likeness (QED) is 0.639. The predicted molar refractivity (Wildman–Crippen MR) is 61.5 cm³/mol. The van der Waals surface area contributed by atoms with Gasteiger partial charge in [0.2, 0.25) is 0 Å². The Morgan fingerprint density at radius 2 is 2.25 bits per heavy atom. The van der Waals surface area contributed by atoms with Gasteiger partial charge in [0.05, 0.1) is 19.3 Å². The summed E-state index contributed by atoms with van der Waals surface area (Å²) in [6.45, 7) is 5.30. The molecule has 94 valence electrons. The SMILES string of the molecule is CCCNC(=O)NCCOC[C@@H]1CCCO1. The zero-order valence-electron chi connectivity index (χ0n) is 9.96. The maximum atomic E-state index is 11.1. The summed E-state index contributed by atoms with van der Waals surface area (Å²) < 4.78 is 10.8. The van der Waals surface area contributed by atoms with Gasteiger partial charge in [-0.3, -0.25) is 0 Å². The maximum absolute atomic E-state index is 11.1. The van der Waals surface area contributed by atoms with E-state index >= 15 is 0 Å². The lowest BCUT2D eigenvalue weighted by Crippen LogP contribution is -2.37. The predicted octanol–water partition coefficient (Wildman–Crippen LogP) is 0.891. The molecule has 16 heavy (non-hydrogen) atoms. The third kappa shape index (κ3) is 5.92. The molecule has 0 radical (unpaired) electrons. The van der Waals surface area contributed by atoms with Gasteiger partial charge < -0.3 is 20.1 Å². The van der Waals surface area contributed by atoms with Crippen LogP contribution in [0.25, 0.3) is 0 Å². The number of carbonyl (C=O) groups excluding carboxylic acids is 1. The molecule has 1 saturated heterocycles. The summed E-state index contributed by atoms with van der Waals surface area (Å²) in [5.74, 6) is 0. The fourth-order valence-electron chi connectivity index (χ4n) is 1.53. The van der Waals surface area contributed by atoms with Crippen molar-refractivity contribution in [2.75, 3.05) is 32.9 Å². The van der Waals surface area contributed by atoms with Gasteiger partial charge in [-0.05, 0) is 19.3 Å². The van der Waals surface area contributed by atoms with Gasteiger partial charge in [0.15, 0.2) is 0 Å². The van der Waals surface area contributed by atoms with E-state index in [9.17, 15) is 4.79 Å². The van der Waals surface area contributed by atoms with E-state index in [1.165, 1.54) is 0 Å². The standard InChI is InChI=1S/C11H22N2O3/c1-2-5-12-11(14)13-6-8-15-9-10-4-3-7-16-10/h10H,2-9H2,1H3,(H2,12,13,14)/t10-/m0/s1. The average Bonchev–Trinajstić information content (AvgIpc) is 2.79. The van der Waals surface area contributed by atoms with Crippen molar-refractivity contribution in [1.29, 1.82) is 0 Å². The summed E-state index contributed by atoms with van der Waals surface area (Å²) in [6.07, 6.45) is 3.42. The highest BCUT2D eigenvalue weighted by atomic mass is 16.5. The molecule has 2 N–H and O–H groups in total. The minimum atomic E-state index is -0.123. The number of carbonyl (C=O) groups is 1. The number of hydrogen-bond acceptors (Lipinski definition) is 3. The molecular formula is C11H22N2O3. The lowest BCUT2D eigenvalue weighted by Gasteiger charge is -2.10. The molecule has 1 rings (SSSR count). The molecule has 5 heteroatoms. The summed E-state index contributed by atoms with van der Waals surface area (Å²) in [4.78, 5) is 11.1. The number of ether oxygens (including phenoxy) is 2. The second kappa shape index (κ2) is 8.35. The molecule has 5 nitrogen and oxygen atoms in total. The van der Waals surface area contributed by atoms with Crippen LogP contribution in [0.3, 0.4) is 0 Å². The fraction of sp³-hybridized carbons (Fsp3) is 0.909. The van der Waals surface area contributed by atoms with Crippen molar-refractivity contribution in [3.63, 3.8) is 0 Å². The Balaban J connectivity index is 1.85. The van der Waals surface area contributed by atoms with Crippen LogP contribution < -0.4 is 10.6 Å². The molecule has 1 atom stereocenters. The van der Waals surface area contributed by atoms with E-state index in [0.29, 0.717) is 26.3 Å². The van der Waals surface area contributed by atoms with E-state index in [4.69, 9.17) is 9.47 Å². The molecule has 1 aliphatic rings. The minimum Gasteiger partial charge on any atom is -0.377 e. The Morgan fingerprint density at radius 1 is 1.44 bits per heavy atom. The highest BCUT2D eigenvalue weighted by Gasteiger charge is 2.14. The maximum Gasteiger partial charge on any atom is 0.314 e. The van der Waals surface area contributed by atoms with Gasteiger partial charge in [0.25, 0.3) is 0 Å². The first-order chi connectivity index (χ1) is 7.83. The normalized spacial score (nSPS) is 19.7. The lowest BCUT2D eigenvalue weighted by molar-refractivity contribution is 0.0188. The van der Waals surface area contributed by atoms with Crippen LogP contribution in [-0.2, 0) is 9.47 Å². The summed E-state index contributed by atoms with van der Waals surface area (Å²) in [5.41, 5.74) is 0. The first-order valence-electron chi connectivity index (χ1n) is 6.04. The average molecular weight is 230 g/mol. The van der Waals surface area contributed by atoms with Crippen LogP contribution in [0, 0.1) is 0 Å². The number of amides is 2. The van der Waals surface area contributed by atoms with Gasteiger partial charge in [0, 0.05) is 19.7 Å². The van der Waals surface area contributed by atoms with Gasteiger partial charge in [-0.1, -0.05) is 6.92 Å². The zero-order valence-corrected chi connectivity index (χ0v) is 9.96. The van der Waals surface area contributed by atoms with E-state index in [1.54, 1.807) is 0 Å². The van der Waals surface area contributed by atoms with Crippen LogP contribution in [0.1, 0.15) is 26.2 Å².